The molecule has 0 atom stereocenters. The van der Waals surface area contributed by atoms with E-state index in [1.165, 1.54) is 5.56 Å². The molecule has 1 aliphatic rings. The number of rotatable bonds is 9. The molecule has 1 saturated heterocycles. The Kier molecular flexibility index (Phi) is 8.30. The third kappa shape index (κ3) is 6.61. The number of amides is 2. The maximum absolute atomic E-state index is 12.4. The molecule has 1 fully saturated rings. The zero-order chi connectivity index (χ0) is 21.2. The first-order chi connectivity index (χ1) is 14.6. The minimum absolute atomic E-state index is 0.152. The van der Waals surface area contributed by atoms with Crippen LogP contribution in [-0.2, 0) is 16.0 Å². The zero-order valence-corrected chi connectivity index (χ0v) is 17.9. The van der Waals surface area contributed by atoms with Crippen LogP contribution in [0, 0.1) is 6.92 Å². The fourth-order valence-electron chi connectivity index (χ4n) is 3.73. The molecule has 0 unspecified atom stereocenters. The van der Waals surface area contributed by atoms with Crippen LogP contribution in [-0.4, -0.2) is 54.4 Å². The highest BCUT2D eigenvalue weighted by molar-refractivity contribution is 5.78. The van der Waals surface area contributed by atoms with Gasteiger partial charge in [0.05, 0.1) is 6.61 Å². The van der Waals surface area contributed by atoms with Crippen molar-refractivity contribution in [3.8, 4) is 5.75 Å². The van der Waals surface area contributed by atoms with E-state index in [2.05, 4.69) is 12.1 Å². The summed E-state index contributed by atoms with van der Waals surface area (Å²) in [4.78, 5) is 28.7. The number of piperazine rings is 1. The molecule has 1 aliphatic heterocycles. The second-order valence-electron chi connectivity index (χ2n) is 7.82. The minimum Gasteiger partial charge on any atom is -0.493 e. The first-order valence-corrected chi connectivity index (χ1v) is 10.9. The lowest BCUT2D eigenvalue weighted by atomic mass is 10.1. The van der Waals surface area contributed by atoms with Gasteiger partial charge in [0.1, 0.15) is 5.75 Å². The molecule has 0 saturated carbocycles. The third-order valence-corrected chi connectivity index (χ3v) is 5.57. The molecule has 0 spiro atoms. The predicted octanol–water partition coefficient (Wildman–Crippen LogP) is 3.85. The quantitative estimate of drug-likeness (QED) is 0.592. The molecular weight excluding hydrogens is 376 g/mol. The molecule has 3 rings (SSSR count). The summed E-state index contributed by atoms with van der Waals surface area (Å²) in [6, 6.07) is 18.2. The highest BCUT2D eigenvalue weighted by Crippen LogP contribution is 2.16. The number of ether oxygens (including phenoxy) is 1. The van der Waals surface area contributed by atoms with Gasteiger partial charge in [0.25, 0.3) is 0 Å². The molecular formula is C25H32N2O3. The fraction of sp³-hybridized carbons (Fsp3) is 0.440. The van der Waals surface area contributed by atoms with Gasteiger partial charge in [-0.15, -0.1) is 0 Å². The van der Waals surface area contributed by atoms with Crippen molar-refractivity contribution in [1.29, 1.82) is 0 Å². The van der Waals surface area contributed by atoms with Crippen molar-refractivity contribution in [2.75, 3.05) is 32.8 Å². The number of aryl methyl sites for hydroxylation is 2. The Morgan fingerprint density at radius 3 is 2.00 bits per heavy atom. The fourth-order valence-corrected chi connectivity index (χ4v) is 3.73. The van der Waals surface area contributed by atoms with Crippen molar-refractivity contribution in [3.63, 3.8) is 0 Å². The number of carbonyl (C=O) groups excluding carboxylic acids is 2. The molecule has 5 heteroatoms. The zero-order valence-electron chi connectivity index (χ0n) is 17.9. The Morgan fingerprint density at radius 2 is 1.37 bits per heavy atom. The normalized spacial score (nSPS) is 13.9. The van der Waals surface area contributed by atoms with Gasteiger partial charge in [-0.3, -0.25) is 9.59 Å². The van der Waals surface area contributed by atoms with Crippen LogP contribution in [0.3, 0.4) is 0 Å². The maximum atomic E-state index is 12.4. The molecule has 0 radical (unpaired) electrons. The Hall–Kier alpha value is -2.82. The van der Waals surface area contributed by atoms with Crippen LogP contribution in [0.5, 0.6) is 5.75 Å². The van der Waals surface area contributed by atoms with Crippen LogP contribution >= 0.6 is 0 Å². The summed E-state index contributed by atoms with van der Waals surface area (Å²) in [6.45, 7) is 5.08. The molecule has 2 amide bonds. The van der Waals surface area contributed by atoms with Crippen molar-refractivity contribution >= 4 is 11.8 Å². The van der Waals surface area contributed by atoms with Crippen LogP contribution in [0.25, 0.3) is 0 Å². The molecule has 0 bridgehead atoms. The Morgan fingerprint density at radius 1 is 0.800 bits per heavy atom. The number of carbonyl (C=O) groups is 2. The number of nitrogens with zero attached hydrogens (tertiary/aromatic N) is 2. The van der Waals surface area contributed by atoms with E-state index in [1.807, 2.05) is 59.2 Å². The van der Waals surface area contributed by atoms with Gasteiger partial charge in [0.15, 0.2) is 0 Å². The molecule has 1 heterocycles. The van der Waals surface area contributed by atoms with Gasteiger partial charge in [0.2, 0.25) is 11.8 Å². The molecule has 0 N–H and O–H groups in total. The Labute approximate surface area is 179 Å². The van der Waals surface area contributed by atoms with Crippen molar-refractivity contribution < 1.29 is 14.3 Å². The molecule has 2 aromatic carbocycles. The number of hydrogen-bond acceptors (Lipinski definition) is 3. The van der Waals surface area contributed by atoms with Crippen LogP contribution in [0.2, 0.25) is 0 Å². The van der Waals surface area contributed by atoms with Crippen molar-refractivity contribution in [2.45, 2.75) is 39.0 Å². The van der Waals surface area contributed by atoms with Crippen LogP contribution in [0.15, 0.2) is 54.6 Å². The molecule has 30 heavy (non-hydrogen) atoms. The average molecular weight is 409 g/mol. The second kappa shape index (κ2) is 11.4. The molecule has 2 aromatic rings. The highest BCUT2D eigenvalue weighted by atomic mass is 16.5. The average Bonchev–Trinajstić information content (AvgIpc) is 2.78. The van der Waals surface area contributed by atoms with E-state index in [9.17, 15) is 9.59 Å². The van der Waals surface area contributed by atoms with Gasteiger partial charge in [-0.05, 0) is 43.4 Å². The van der Waals surface area contributed by atoms with E-state index >= 15 is 0 Å². The highest BCUT2D eigenvalue weighted by Gasteiger charge is 2.23. The number of hydrogen-bond donors (Lipinski definition) is 0. The minimum atomic E-state index is 0.152. The van der Waals surface area contributed by atoms with Crippen LogP contribution in [0.4, 0.5) is 0 Å². The Bertz CT molecular complexity index is 814. The summed E-state index contributed by atoms with van der Waals surface area (Å²) in [5, 5.41) is 0. The molecule has 5 nitrogen and oxygen atoms in total. The molecule has 0 aliphatic carbocycles. The first kappa shape index (κ1) is 21.9. The smallest absolute Gasteiger partial charge is 0.222 e. The van der Waals surface area contributed by atoms with Gasteiger partial charge in [0, 0.05) is 39.0 Å². The summed E-state index contributed by atoms with van der Waals surface area (Å²) < 4.78 is 5.77. The van der Waals surface area contributed by atoms with Gasteiger partial charge >= 0.3 is 0 Å². The van der Waals surface area contributed by atoms with Crippen molar-refractivity contribution in [1.82, 2.24) is 9.80 Å². The van der Waals surface area contributed by atoms with Crippen LogP contribution < -0.4 is 4.74 Å². The van der Waals surface area contributed by atoms with Gasteiger partial charge in [-0.1, -0.05) is 48.5 Å². The topological polar surface area (TPSA) is 49.9 Å². The van der Waals surface area contributed by atoms with Gasteiger partial charge in [-0.2, -0.15) is 0 Å². The first-order valence-electron chi connectivity index (χ1n) is 10.9. The van der Waals surface area contributed by atoms with Gasteiger partial charge < -0.3 is 14.5 Å². The maximum Gasteiger partial charge on any atom is 0.222 e. The monoisotopic (exact) mass is 408 g/mol. The molecule has 0 aromatic heterocycles. The largest absolute Gasteiger partial charge is 0.493 e. The van der Waals surface area contributed by atoms with Crippen molar-refractivity contribution in [2.24, 2.45) is 0 Å². The van der Waals surface area contributed by atoms with E-state index < -0.39 is 0 Å². The number of para-hydroxylation sites is 1. The lowest BCUT2D eigenvalue weighted by molar-refractivity contribution is -0.139. The summed E-state index contributed by atoms with van der Waals surface area (Å²) in [5.74, 6) is 1.23. The second-order valence-corrected chi connectivity index (χ2v) is 7.82. The number of benzene rings is 2. The lowest BCUT2D eigenvalue weighted by Crippen LogP contribution is -2.50. The Balaban J connectivity index is 1.30. The third-order valence-electron chi connectivity index (χ3n) is 5.57. The van der Waals surface area contributed by atoms with E-state index in [0.29, 0.717) is 52.0 Å². The summed E-state index contributed by atoms with van der Waals surface area (Å²) >= 11 is 0. The van der Waals surface area contributed by atoms with E-state index in [4.69, 9.17) is 4.74 Å². The van der Waals surface area contributed by atoms with E-state index in [0.717, 1.165) is 24.2 Å². The standard InChI is InChI=1S/C25H32N2O3/c1-21-9-5-6-13-23(21)30-20-8-15-25(29)27-18-16-26(17-19-27)24(28)14-7-12-22-10-3-2-4-11-22/h2-6,9-11,13H,7-8,12,14-20H2,1H3. The summed E-state index contributed by atoms with van der Waals surface area (Å²) in [7, 11) is 0. The summed E-state index contributed by atoms with van der Waals surface area (Å²) in [6.07, 6.45) is 3.54. The lowest BCUT2D eigenvalue weighted by Gasteiger charge is -2.35. The van der Waals surface area contributed by atoms with Crippen LogP contribution in [0.1, 0.15) is 36.8 Å². The molecule has 160 valence electrons. The predicted molar refractivity (Wildman–Crippen MR) is 118 cm³/mol. The van der Waals surface area contributed by atoms with Gasteiger partial charge in [-0.25, -0.2) is 0 Å². The van der Waals surface area contributed by atoms with E-state index in [-0.39, 0.29) is 11.8 Å². The van der Waals surface area contributed by atoms with Crippen molar-refractivity contribution in [3.05, 3.63) is 65.7 Å². The SMILES string of the molecule is Cc1ccccc1OCCCC(=O)N1CCN(C(=O)CCCc2ccccc2)CC1. The van der Waals surface area contributed by atoms with E-state index in [1.54, 1.807) is 0 Å². The summed E-state index contributed by atoms with van der Waals surface area (Å²) in [5.41, 5.74) is 2.38.